The molecule has 1 aromatic heterocycles. The molecule has 0 radical (unpaired) electrons. The van der Waals surface area contributed by atoms with E-state index in [-0.39, 0.29) is 0 Å². The number of fused-ring (bicyclic) bond motifs is 1. The summed E-state index contributed by atoms with van der Waals surface area (Å²) < 4.78 is 0. The molecule has 1 heterocycles. The van der Waals surface area contributed by atoms with Crippen molar-refractivity contribution < 1.29 is 0 Å². The molecule has 0 atom stereocenters. The molecule has 0 bridgehead atoms. The summed E-state index contributed by atoms with van der Waals surface area (Å²) in [4.78, 5) is 10.5. The predicted octanol–water partition coefficient (Wildman–Crippen LogP) is 1.40. The van der Waals surface area contributed by atoms with Crippen LogP contribution in [-0.2, 0) is 0 Å². The van der Waals surface area contributed by atoms with Crippen molar-refractivity contribution in [1.29, 1.82) is 0 Å². The Morgan fingerprint density at radius 1 is 1.33 bits per heavy atom. The van der Waals surface area contributed by atoms with Crippen LogP contribution in [0.15, 0.2) is 35.6 Å². The average Bonchev–Trinajstić information content (AvgIpc) is 2.38. The van der Waals surface area contributed by atoms with Gasteiger partial charge in [-0.3, -0.25) is 10.4 Å². The van der Waals surface area contributed by atoms with Crippen LogP contribution in [0.4, 0.5) is 0 Å². The standard InChI is InChI=1S/C12H13N5S/c1-17(2)12(18)16-14-8-9-7-13-10-5-3-4-6-11(10)15-9/h3-8H,1-2H3,(H,16,18)/b14-8+. The first kappa shape index (κ1) is 12.4. The lowest BCUT2D eigenvalue weighted by Gasteiger charge is -2.11. The highest BCUT2D eigenvalue weighted by Gasteiger charge is 1.97. The summed E-state index contributed by atoms with van der Waals surface area (Å²) in [7, 11) is 3.70. The summed E-state index contributed by atoms with van der Waals surface area (Å²) in [5, 5.41) is 4.55. The van der Waals surface area contributed by atoms with Crippen molar-refractivity contribution in [1.82, 2.24) is 20.3 Å². The van der Waals surface area contributed by atoms with Gasteiger partial charge in [-0.1, -0.05) is 12.1 Å². The summed E-state index contributed by atoms with van der Waals surface area (Å²) in [6.07, 6.45) is 3.27. The molecule has 0 saturated heterocycles. The van der Waals surface area contributed by atoms with Crippen molar-refractivity contribution in [3.05, 3.63) is 36.2 Å². The highest BCUT2D eigenvalue weighted by molar-refractivity contribution is 7.80. The number of nitrogens with one attached hydrogen (secondary N) is 1. The highest BCUT2D eigenvalue weighted by atomic mass is 32.1. The molecule has 0 aliphatic carbocycles. The Bertz CT molecular complexity index is 594. The average molecular weight is 259 g/mol. The van der Waals surface area contributed by atoms with Crippen LogP contribution in [-0.4, -0.2) is 40.3 Å². The molecule has 0 amide bonds. The van der Waals surface area contributed by atoms with Gasteiger partial charge in [-0.2, -0.15) is 5.10 Å². The van der Waals surface area contributed by atoms with E-state index in [9.17, 15) is 0 Å². The predicted molar refractivity (Wildman–Crippen MR) is 76.6 cm³/mol. The Kier molecular flexibility index (Phi) is 3.78. The second-order valence-corrected chi connectivity index (χ2v) is 4.24. The molecule has 1 aromatic carbocycles. The van der Waals surface area contributed by atoms with Gasteiger partial charge in [-0.25, -0.2) is 4.98 Å². The van der Waals surface area contributed by atoms with Crippen LogP contribution in [0, 0.1) is 0 Å². The minimum atomic E-state index is 0.542. The fourth-order valence-electron chi connectivity index (χ4n) is 1.29. The minimum Gasteiger partial charge on any atom is -0.354 e. The monoisotopic (exact) mass is 259 g/mol. The van der Waals surface area contributed by atoms with Crippen molar-refractivity contribution in [2.75, 3.05) is 14.1 Å². The van der Waals surface area contributed by atoms with Gasteiger partial charge in [0.25, 0.3) is 0 Å². The Morgan fingerprint density at radius 3 is 2.78 bits per heavy atom. The lowest BCUT2D eigenvalue weighted by molar-refractivity contribution is 0.606. The number of para-hydroxylation sites is 2. The maximum atomic E-state index is 5.04. The van der Waals surface area contributed by atoms with Gasteiger partial charge in [0, 0.05) is 14.1 Å². The summed E-state index contributed by atoms with van der Waals surface area (Å²) in [5.41, 5.74) is 5.13. The molecule has 18 heavy (non-hydrogen) atoms. The SMILES string of the molecule is CN(C)C(=S)N/N=C/c1cnc2ccccc2n1. The van der Waals surface area contributed by atoms with Gasteiger partial charge in [-0.05, 0) is 24.4 Å². The number of rotatable bonds is 2. The molecule has 2 rings (SSSR count). The zero-order chi connectivity index (χ0) is 13.0. The fraction of sp³-hybridized carbons (Fsp3) is 0.167. The second-order valence-electron chi connectivity index (χ2n) is 3.85. The van der Waals surface area contributed by atoms with E-state index in [1.54, 1.807) is 17.3 Å². The first-order valence-electron chi connectivity index (χ1n) is 5.39. The smallest absolute Gasteiger partial charge is 0.189 e. The van der Waals surface area contributed by atoms with E-state index in [0.717, 1.165) is 11.0 Å². The second kappa shape index (κ2) is 5.50. The Labute approximate surface area is 111 Å². The van der Waals surface area contributed by atoms with Crippen LogP contribution in [0.1, 0.15) is 5.69 Å². The van der Waals surface area contributed by atoms with Crippen molar-refractivity contribution in [3.63, 3.8) is 0 Å². The van der Waals surface area contributed by atoms with Crippen LogP contribution in [0.2, 0.25) is 0 Å². The van der Waals surface area contributed by atoms with Crippen molar-refractivity contribution >= 4 is 34.6 Å². The van der Waals surface area contributed by atoms with E-state index in [0.29, 0.717) is 10.8 Å². The van der Waals surface area contributed by atoms with Crippen molar-refractivity contribution in [2.24, 2.45) is 5.10 Å². The third-order valence-electron chi connectivity index (χ3n) is 2.23. The lowest BCUT2D eigenvalue weighted by Crippen LogP contribution is -2.30. The van der Waals surface area contributed by atoms with Crippen LogP contribution in [0.5, 0.6) is 0 Å². The number of hydrogen-bond donors (Lipinski definition) is 1. The van der Waals surface area contributed by atoms with Gasteiger partial charge in [0.15, 0.2) is 5.11 Å². The van der Waals surface area contributed by atoms with Gasteiger partial charge < -0.3 is 4.90 Å². The molecule has 2 aromatic rings. The van der Waals surface area contributed by atoms with E-state index < -0.39 is 0 Å². The van der Waals surface area contributed by atoms with Gasteiger partial charge >= 0.3 is 0 Å². The first-order valence-corrected chi connectivity index (χ1v) is 5.80. The van der Waals surface area contributed by atoms with E-state index >= 15 is 0 Å². The summed E-state index contributed by atoms with van der Waals surface area (Å²) in [6.45, 7) is 0. The molecule has 0 spiro atoms. The van der Waals surface area contributed by atoms with Gasteiger partial charge in [-0.15, -0.1) is 0 Å². The molecule has 0 aliphatic heterocycles. The van der Waals surface area contributed by atoms with Crippen LogP contribution < -0.4 is 5.43 Å². The Morgan fingerprint density at radius 2 is 2.06 bits per heavy atom. The molecule has 1 N–H and O–H groups in total. The quantitative estimate of drug-likeness (QED) is 0.502. The summed E-state index contributed by atoms with van der Waals surface area (Å²) in [5.74, 6) is 0. The molecule has 0 saturated carbocycles. The van der Waals surface area contributed by atoms with Crippen molar-refractivity contribution in [2.45, 2.75) is 0 Å². The number of hydrogen-bond acceptors (Lipinski definition) is 4. The van der Waals surface area contributed by atoms with E-state index in [1.165, 1.54) is 0 Å². The van der Waals surface area contributed by atoms with Crippen molar-refractivity contribution in [3.8, 4) is 0 Å². The van der Waals surface area contributed by atoms with Crippen LogP contribution in [0.25, 0.3) is 11.0 Å². The maximum Gasteiger partial charge on any atom is 0.189 e. The molecule has 92 valence electrons. The first-order chi connectivity index (χ1) is 8.66. The minimum absolute atomic E-state index is 0.542. The number of nitrogens with zero attached hydrogens (tertiary/aromatic N) is 4. The third kappa shape index (κ3) is 2.98. The third-order valence-corrected chi connectivity index (χ3v) is 2.69. The van der Waals surface area contributed by atoms with E-state index in [1.807, 2.05) is 38.4 Å². The zero-order valence-electron chi connectivity index (χ0n) is 10.2. The molecule has 0 aliphatic rings. The molecule has 0 unspecified atom stereocenters. The lowest BCUT2D eigenvalue weighted by atomic mass is 10.3. The largest absolute Gasteiger partial charge is 0.354 e. The number of hydrazone groups is 1. The van der Waals surface area contributed by atoms with Crippen LogP contribution in [0.3, 0.4) is 0 Å². The topological polar surface area (TPSA) is 53.4 Å². The molecular formula is C12H13N5S. The maximum absolute atomic E-state index is 5.04. The van der Waals surface area contributed by atoms with Gasteiger partial charge in [0.05, 0.1) is 23.4 Å². The Balaban J connectivity index is 2.12. The Hall–Kier alpha value is -2.08. The zero-order valence-corrected chi connectivity index (χ0v) is 11.0. The van der Waals surface area contributed by atoms with E-state index in [2.05, 4.69) is 20.5 Å². The van der Waals surface area contributed by atoms with E-state index in [4.69, 9.17) is 12.2 Å². The number of aromatic nitrogens is 2. The number of thiocarbonyl (C=S) groups is 1. The summed E-state index contributed by atoms with van der Waals surface area (Å²) >= 11 is 5.04. The summed E-state index contributed by atoms with van der Waals surface area (Å²) in [6, 6.07) is 7.69. The highest BCUT2D eigenvalue weighted by Crippen LogP contribution is 2.07. The molecule has 5 nitrogen and oxygen atoms in total. The fourth-order valence-corrected chi connectivity index (χ4v) is 1.34. The van der Waals surface area contributed by atoms with Gasteiger partial charge in [0.1, 0.15) is 5.69 Å². The van der Waals surface area contributed by atoms with Crippen LogP contribution >= 0.6 is 12.2 Å². The molecule has 0 fully saturated rings. The molecule has 6 heteroatoms. The number of benzene rings is 1. The van der Waals surface area contributed by atoms with Gasteiger partial charge in [0.2, 0.25) is 0 Å². The normalized spacial score (nSPS) is 10.8. The molecular weight excluding hydrogens is 246 g/mol.